The molecule has 0 spiro atoms. The van der Waals surface area contributed by atoms with Crippen LogP contribution in [0.4, 0.5) is 4.39 Å². The van der Waals surface area contributed by atoms with Crippen LogP contribution < -0.4 is 15.8 Å². The van der Waals surface area contributed by atoms with E-state index in [9.17, 15) is 22.4 Å². The predicted molar refractivity (Wildman–Crippen MR) is 115 cm³/mol. The second kappa shape index (κ2) is 7.00. The number of aryl methyl sites for hydroxylation is 1. The number of amides is 2. The summed E-state index contributed by atoms with van der Waals surface area (Å²) in [6, 6.07) is 3.74. The van der Waals surface area contributed by atoms with Gasteiger partial charge < -0.3 is 11.1 Å². The standard InChI is InChI=1S/C23H30FN3O4S/c1-14-3-4-17(8-18(14)24)32(30,31)27-23(5-2-6-23)20(29)26-22-11-15-7-16(12-22)10-21(9-15,13-22)19(25)28/h3-4,8,15-16,27H,2,5-7,9-13H2,1H3,(H2,25,28)(H,26,29). The zero-order valence-electron chi connectivity index (χ0n) is 18.2. The summed E-state index contributed by atoms with van der Waals surface area (Å²) in [7, 11) is -4.08. The van der Waals surface area contributed by atoms with Gasteiger partial charge in [-0.2, -0.15) is 4.72 Å². The van der Waals surface area contributed by atoms with Crippen LogP contribution in [0.2, 0.25) is 0 Å². The van der Waals surface area contributed by atoms with Gasteiger partial charge in [-0.15, -0.1) is 0 Å². The SMILES string of the molecule is Cc1ccc(S(=O)(=O)NC2(C(=O)NC34CC5CC(C3)CC(C(N)=O)(C5)C4)CCC2)cc1F. The van der Waals surface area contributed by atoms with Gasteiger partial charge in [0, 0.05) is 5.54 Å². The summed E-state index contributed by atoms with van der Waals surface area (Å²) in [5.41, 5.74) is 3.83. The van der Waals surface area contributed by atoms with Gasteiger partial charge in [-0.1, -0.05) is 6.07 Å². The van der Waals surface area contributed by atoms with Crippen LogP contribution in [0.5, 0.6) is 0 Å². The summed E-state index contributed by atoms with van der Waals surface area (Å²) >= 11 is 0. The number of carbonyl (C=O) groups is 2. The maximum Gasteiger partial charge on any atom is 0.241 e. The minimum absolute atomic E-state index is 0.192. The van der Waals surface area contributed by atoms with Crippen LogP contribution in [0.15, 0.2) is 23.1 Å². The topological polar surface area (TPSA) is 118 Å². The molecule has 0 radical (unpaired) electrons. The monoisotopic (exact) mass is 463 g/mol. The molecule has 2 atom stereocenters. The number of hydrogen-bond acceptors (Lipinski definition) is 4. The van der Waals surface area contributed by atoms with E-state index < -0.39 is 32.3 Å². The molecule has 7 nitrogen and oxygen atoms in total. The van der Waals surface area contributed by atoms with E-state index >= 15 is 0 Å². The summed E-state index contributed by atoms with van der Waals surface area (Å²) in [6.45, 7) is 1.56. The van der Waals surface area contributed by atoms with Crippen LogP contribution in [0.25, 0.3) is 0 Å². The van der Waals surface area contributed by atoms with Crippen molar-refractivity contribution in [2.45, 2.75) is 80.7 Å². The average molecular weight is 464 g/mol. The van der Waals surface area contributed by atoms with Gasteiger partial charge in [0.15, 0.2) is 0 Å². The molecule has 4 bridgehead atoms. The number of sulfonamides is 1. The fourth-order valence-electron chi connectivity index (χ4n) is 7.02. The first kappa shape index (κ1) is 21.8. The van der Waals surface area contributed by atoms with E-state index in [4.69, 9.17) is 5.73 Å². The van der Waals surface area contributed by atoms with E-state index in [2.05, 4.69) is 10.0 Å². The highest BCUT2D eigenvalue weighted by Crippen LogP contribution is 2.61. The summed E-state index contributed by atoms with van der Waals surface area (Å²) in [4.78, 5) is 25.6. The number of rotatable bonds is 6. The second-order valence-electron chi connectivity index (χ2n) is 10.8. The van der Waals surface area contributed by atoms with Crippen molar-refractivity contribution in [1.29, 1.82) is 0 Å². The molecule has 5 fully saturated rings. The van der Waals surface area contributed by atoms with Gasteiger partial charge in [-0.3, -0.25) is 9.59 Å². The third kappa shape index (κ3) is 3.36. The Hall–Kier alpha value is -2.00. The van der Waals surface area contributed by atoms with E-state index in [1.54, 1.807) is 6.92 Å². The number of primary amides is 1. The minimum atomic E-state index is -4.08. The molecule has 0 aromatic heterocycles. The van der Waals surface area contributed by atoms with Crippen LogP contribution >= 0.6 is 0 Å². The fraction of sp³-hybridized carbons (Fsp3) is 0.652. The molecule has 32 heavy (non-hydrogen) atoms. The van der Waals surface area contributed by atoms with Gasteiger partial charge >= 0.3 is 0 Å². The van der Waals surface area contributed by atoms with Gasteiger partial charge in [0.2, 0.25) is 21.8 Å². The molecule has 5 saturated carbocycles. The highest BCUT2D eigenvalue weighted by Gasteiger charge is 2.61. The number of nitrogens with one attached hydrogen (secondary N) is 2. The Morgan fingerprint density at radius 3 is 2.31 bits per heavy atom. The second-order valence-corrected chi connectivity index (χ2v) is 12.5. The Bertz CT molecular complexity index is 1080. The molecular formula is C23H30FN3O4S. The molecular weight excluding hydrogens is 433 g/mol. The van der Waals surface area contributed by atoms with E-state index in [1.807, 2.05) is 0 Å². The Morgan fingerprint density at radius 2 is 1.78 bits per heavy atom. The van der Waals surface area contributed by atoms with Gasteiger partial charge in [-0.05, 0) is 94.2 Å². The summed E-state index contributed by atoms with van der Waals surface area (Å²) in [5.74, 6) is -0.528. The van der Waals surface area contributed by atoms with Crippen molar-refractivity contribution in [2.75, 3.05) is 0 Å². The van der Waals surface area contributed by atoms with Gasteiger partial charge in [0.05, 0.1) is 10.3 Å². The number of nitrogens with two attached hydrogens (primary N) is 1. The van der Waals surface area contributed by atoms with Crippen molar-refractivity contribution >= 4 is 21.8 Å². The molecule has 1 aromatic rings. The zero-order chi connectivity index (χ0) is 22.9. The maximum absolute atomic E-state index is 14.0. The van der Waals surface area contributed by atoms with Crippen LogP contribution in [-0.2, 0) is 19.6 Å². The van der Waals surface area contributed by atoms with Gasteiger partial charge in [0.25, 0.3) is 0 Å². The number of carbonyl (C=O) groups excluding carboxylic acids is 2. The van der Waals surface area contributed by atoms with Crippen LogP contribution in [0, 0.1) is 30.0 Å². The first-order valence-electron chi connectivity index (χ1n) is 11.4. The molecule has 4 N–H and O–H groups in total. The summed E-state index contributed by atoms with van der Waals surface area (Å²) in [6.07, 6.45) is 6.25. The molecule has 174 valence electrons. The highest BCUT2D eigenvalue weighted by atomic mass is 32.2. The summed E-state index contributed by atoms with van der Waals surface area (Å²) in [5, 5.41) is 3.19. The van der Waals surface area contributed by atoms with Gasteiger partial charge in [0.1, 0.15) is 11.4 Å². The molecule has 0 aliphatic heterocycles. The molecule has 2 amide bonds. The largest absolute Gasteiger partial charge is 0.369 e. The Balaban J connectivity index is 1.38. The van der Waals surface area contributed by atoms with Crippen molar-refractivity contribution in [3.8, 4) is 0 Å². The molecule has 2 unspecified atom stereocenters. The lowest BCUT2D eigenvalue weighted by Crippen LogP contribution is -2.70. The maximum atomic E-state index is 14.0. The molecule has 0 saturated heterocycles. The Labute approximate surface area is 187 Å². The third-order valence-corrected chi connectivity index (χ3v) is 9.92. The normalized spacial score (nSPS) is 34.7. The van der Waals surface area contributed by atoms with Crippen molar-refractivity contribution in [3.63, 3.8) is 0 Å². The molecule has 5 aliphatic rings. The lowest BCUT2D eigenvalue weighted by atomic mass is 9.46. The number of hydrogen-bond donors (Lipinski definition) is 3. The molecule has 1 aromatic carbocycles. The molecule has 5 aliphatic carbocycles. The van der Waals surface area contributed by atoms with Crippen molar-refractivity contribution < 1.29 is 22.4 Å². The Kier molecular flexibility index (Phi) is 4.77. The van der Waals surface area contributed by atoms with E-state index in [1.165, 1.54) is 12.1 Å². The first-order chi connectivity index (χ1) is 15.0. The highest BCUT2D eigenvalue weighted by molar-refractivity contribution is 7.89. The molecule has 0 heterocycles. The Morgan fingerprint density at radius 1 is 1.12 bits per heavy atom. The lowest BCUT2D eigenvalue weighted by Gasteiger charge is -2.61. The van der Waals surface area contributed by atoms with E-state index in [0.29, 0.717) is 36.7 Å². The van der Waals surface area contributed by atoms with Gasteiger partial charge in [-0.25, -0.2) is 12.8 Å². The fourth-order valence-corrected chi connectivity index (χ4v) is 8.46. The summed E-state index contributed by atoms with van der Waals surface area (Å²) < 4.78 is 42.6. The van der Waals surface area contributed by atoms with Crippen molar-refractivity contribution in [3.05, 3.63) is 29.6 Å². The average Bonchev–Trinajstić information content (AvgIpc) is 2.65. The molecule has 9 heteroatoms. The number of benzene rings is 1. The number of halogens is 1. The molecule has 6 rings (SSSR count). The van der Waals surface area contributed by atoms with Crippen LogP contribution in [0.3, 0.4) is 0 Å². The minimum Gasteiger partial charge on any atom is -0.369 e. The third-order valence-electron chi connectivity index (χ3n) is 8.39. The van der Waals surface area contributed by atoms with Crippen LogP contribution in [0.1, 0.15) is 63.4 Å². The quantitative estimate of drug-likeness (QED) is 0.600. The zero-order valence-corrected chi connectivity index (χ0v) is 19.1. The van der Waals surface area contributed by atoms with E-state index in [-0.39, 0.29) is 16.7 Å². The van der Waals surface area contributed by atoms with Crippen molar-refractivity contribution in [2.24, 2.45) is 23.0 Å². The van der Waals surface area contributed by atoms with Crippen LogP contribution in [-0.4, -0.2) is 31.3 Å². The van der Waals surface area contributed by atoms with E-state index in [0.717, 1.165) is 44.6 Å². The first-order valence-corrected chi connectivity index (χ1v) is 12.9. The smallest absolute Gasteiger partial charge is 0.241 e. The predicted octanol–water partition coefficient (Wildman–Crippen LogP) is 2.28. The lowest BCUT2D eigenvalue weighted by molar-refractivity contribution is -0.152. The van der Waals surface area contributed by atoms with Crippen molar-refractivity contribution in [1.82, 2.24) is 10.0 Å².